The molecule has 0 spiro atoms. The molecule has 0 bridgehead atoms. The van der Waals surface area contributed by atoms with Gasteiger partial charge in [-0.25, -0.2) is 4.79 Å². The molecular weight excluding hydrogens is 668 g/mol. The normalized spacial score (nSPS) is 19.7. The molecule has 22 heteroatoms. The second-order valence-corrected chi connectivity index (χ2v) is 13.4. The monoisotopic (exact) mass is 690 g/mol. The van der Waals surface area contributed by atoms with Crippen molar-refractivity contribution in [1.82, 2.24) is 0 Å². The SMILES string of the molecule is CCC(C)OC(=O)C1=CSC(=C2SC=CS2)S1.CP.CP.F[P-](F)(F)(F)(F)F.F[P-](F)(F)(F)(F)F. The molecule has 0 aliphatic carbocycles. The van der Waals surface area contributed by atoms with Crippen molar-refractivity contribution in [1.29, 1.82) is 0 Å². The molecule has 0 fully saturated rings. The fourth-order valence-electron chi connectivity index (χ4n) is 1.06. The summed E-state index contributed by atoms with van der Waals surface area (Å²) in [7, 11) is -16.5. The predicted molar refractivity (Wildman–Crippen MR) is 139 cm³/mol. The first kappa shape index (κ1) is 40.5. The van der Waals surface area contributed by atoms with Crippen LogP contribution >= 0.6 is 81.1 Å². The van der Waals surface area contributed by atoms with E-state index >= 15 is 0 Å². The Morgan fingerprint density at radius 3 is 1.46 bits per heavy atom. The van der Waals surface area contributed by atoms with Gasteiger partial charge in [-0.3, -0.25) is 0 Å². The summed E-state index contributed by atoms with van der Waals surface area (Å²) in [5.74, 6) is -0.201. The average Bonchev–Trinajstić information content (AvgIpc) is 3.31. The minimum atomic E-state index is -10.7. The van der Waals surface area contributed by atoms with Crippen molar-refractivity contribution in [2.75, 3.05) is 13.3 Å². The van der Waals surface area contributed by atoms with Crippen LogP contribution in [0.15, 0.2) is 29.6 Å². The van der Waals surface area contributed by atoms with E-state index < -0.39 is 15.6 Å². The topological polar surface area (TPSA) is 26.3 Å². The zero-order valence-corrected chi connectivity index (χ0v) is 25.4. The number of hydrogen-bond acceptors (Lipinski definition) is 6. The predicted octanol–water partition coefficient (Wildman–Crippen LogP) is 12.5. The van der Waals surface area contributed by atoms with Gasteiger partial charge in [0.2, 0.25) is 0 Å². The fourth-order valence-corrected chi connectivity index (χ4v) is 5.38. The second-order valence-electron chi connectivity index (χ2n) is 5.33. The summed E-state index contributed by atoms with van der Waals surface area (Å²) in [5.41, 5.74) is 0. The van der Waals surface area contributed by atoms with Crippen LogP contribution < -0.4 is 0 Å². The summed E-state index contributed by atoms with van der Waals surface area (Å²) in [6.07, 6.45) is 0.836. The van der Waals surface area contributed by atoms with E-state index in [1.165, 1.54) is 20.2 Å². The van der Waals surface area contributed by atoms with Gasteiger partial charge in [-0.15, -0.1) is 18.5 Å². The summed E-state index contributed by atoms with van der Waals surface area (Å²) < 4.78 is 126. The van der Waals surface area contributed by atoms with Gasteiger partial charge in [0.05, 0.1) is 14.6 Å². The number of esters is 1. The molecule has 2 aliphatic heterocycles. The first-order valence-corrected chi connectivity index (χ1v) is 18.2. The van der Waals surface area contributed by atoms with E-state index in [9.17, 15) is 55.2 Å². The molecule has 2 aliphatic rings. The van der Waals surface area contributed by atoms with Gasteiger partial charge in [0, 0.05) is 0 Å². The van der Waals surface area contributed by atoms with Crippen LogP contribution in [0.1, 0.15) is 20.3 Å². The molecule has 35 heavy (non-hydrogen) atoms. The van der Waals surface area contributed by atoms with Crippen LogP contribution in [0.2, 0.25) is 0 Å². The summed E-state index contributed by atoms with van der Waals surface area (Å²) in [6.45, 7) is 7.75. The number of halogens is 12. The van der Waals surface area contributed by atoms with Gasteiger partial charge in [0.25, 0.3) is 0 Å². The van der Waals surface area contributed by atoms with Gasteiger partial charge < -0.3 is 4.74 Å². The number of ether oxygens (including phenoxy) is 1. The van der Waals surface area contributed by atoms with Crippen molar-refractivity contribution in [2.24, 2.45) is 0 Å². The van der Waals surface area contributed by atoms with Crippen LogP contribution in [0, 0.1) is 0 Å². The van der Waals surface area contributed by atoms with Gasteiger partial charge in [-0.05, 0) is 29.6 Å². The van der Waals surface area contributed by atoms with Gasteiger partial charge >= 0.3 is 71.9 Å². The van der Waals surface area contributed by atoms with Gasteiger partial charge in [-0.1, -0.05) is 67.3 Å². The standard InChI is InChI=1S/C11H12O2S4.2CH5P.2F6P/c1-3-7(2)13-9(12)8-6-16-11(17-8)10-14-4-5-15-10;2*1-2;2*1-7(2,3,4,5)6/h4-7H,3H2,1-2H3;2*2H2,1H3;;/q;;;2*-1. The summed E-state index contributed by atoms with van der Waals surface area (Å²) in [5, 5.41) is 6.00. The first-order valence-electron chi connectivity index (χ1n) is 8.37. The Bertz CT molecular complexity index is 734. The van der Waals surface area contributed by atoms with E-state index in [4.69, 9.17) is 4.74 Å². The van der Waals surface area contributed by atoms with E-state index in [0.29, 0.717) is 4.91 Å². The molecule has 0 aromatic heterocycles. The van der Waals surface area contributed by atoms with Crippen molar-refractivity contribution in [3.05, 3.63) is 29.6 Å². The van der Waals surface area contributed by atoms with E-state index in [1.807, 2.05) is 32.6 Å². The maximum absolute atomic E-state index is 11.8. The molecule has 3 unspecified atom stereocenters. The third kappa shape index (κ3) is 39.6. The van der Waals surface area contributed by atoms with Crippen molar-refractivity contribution in [3.8, 4) is 0 Å². The Balaban J connectivity index is -0.000000477. The zero-order chi connectivity index (χ0) is 29.1. The molecule has 0 amide bonds. The van der Waals surface area contributed by atoms with Crippen molar-refractivity contribution >= 4 is 87.1 Å². The molecule has 2 rings (SSSR count). The number of rotatable bonds is 3. The quantitative estimate of drug-likeness (QED) is 0.166. The van der Waals surface area contributed by atoms with Crippen LogP contribution in [-0.4, -0.2) is 25.4 Å². The second kappa shape index (κ2) is 13.4. The Morgan fingerprint density at radius 1 is 0.800 bits per heavy atom. The Hall–Kier alpha value is 0.970. The number of hydrogen-bond donors (Lipinski definition) is 0. The molecule has 0 radical (unpaired) electrons. The molecule has 0 N–H and O–H groups in total. The first-order chi connectivity index (χ1) is 15.1. The molecule has 0 saturated heterocycles. The van der Waals surface area contributed by atoms with E-state index in [-0.39, 0.29) is 12.1 Å². The summed E-state index contributed by atoms with van der Waals surface area (Å²) in [6, 6.07) is 0. The van der Waals surface area contributed by atoms with Crippen LogP contribution in [0.4, 0.5) is 50.4 Å². The number of carbonyl (C=O) groups is 1. The molecule has 0 aromatic rings. The maximum atomic E-state index is 11.8. The van der Waals surface area contributed by atoms with Crippen LogP contribution in [0.5, 0.6) is 0 Å². The summed E-state index contributed by atoms with van der Waals surface area (Å²) >= 11 is 6.54. The Morgan fingerprint density at radius 2 is 1.14 bits per heavy atom. The van der Waals surface area contributed by atoms with Crippen LogP contribution in [0.25, 0.3) is 0 Å². The molecule has 2 heterocycles. The number of carbonyl (C=O) groups excluding carboxylic acids is 1. The van der Waals surface area contributed by atoms with Gasteiger partial charge in [-0.2, -0.15) is 0 Å². The third-order valence-electron chi connectivity index (χ3n) is 2.13. The van der Waals surface area contributed by atoms with Crippen LogP contribution in [-0.2, 0) is 9.53 Å². The average molecular weight is 690 g/mol. The van der Waals surface area contributed by atoms with E-state index in [2.05, 4.69) is 29.3 Å². The molecule has 3 atom stereocenters. The van der Waals surface area contributed by atoms with Crippen molar-refractivity contribution in [2.45, 2.75) is 26.4 Å². The zero-order valence-electron chi connectivity index (χ0n) is 18.1. The van der Waals surface area contributed by atoms with Crippen molar-refractivity contribution in [3.63, 3.8) is 0 Å². The molecule has 0 aromatic carbocycles. The summed E-state index contributed by atoms with van der Waals surface area (Å²) in [4.78, 5) is 12.5. The van der Waals surface area contributed by atoms with Gasteiger partial charge in [0.15, 0.2) is 0 Å². The molecule has 0 saturated carbocycles. The minimum absolute atomic E-state index is 0.0115. The molecular formula is C13H22F12O2P4S4-2. The fraction of sp³-hybridized carbons (Fsp3) is 0.462. The molecule has 2 nitrogen and oxygen atoms in total. The molecule has 216 valence electrons. The number of thioether (sulfide) groups is 4. The van der Waals surface area contributed by atoms with E-state index in [1.54, 1.807) is 35.3 Å². The van der Waals surface area contributed by atoms with Crippen molar-refractivity contribution < 1.29 is 59.9 Å². The Labute approximate surface area is 215 Å². The third-order valence-corrected chi connectivity index (χ3v) is 7.13. The van der Waals surface area contributed by atoms with Gasteiger partial charge in [0.1, 0.15) is 4.91 Å². The van der Waals surface area contributed by atoms with Crippen LogP contribution in [0.3, 0.4) is 0 Å². The van der Waals surface area contributed by atoms with E-state index in [0.717, 1.165) is 6.42 Å². The Kier molecular flexibility index (Phi) is 15.4.